The number of nitrogens with zero attached hydrogens (tertiary/aromatic N) is 2. The van der Waals surface area contributed by atoms with E-state index in [9.17, 15) is 0 Å². The molecule has 3 rings (SSSR count). The van der Waals surface area contributed by atoms with Crippen LogP contribution < -0.4 is 5.73 Å². The van der Waals surface area contributed by atoms with Crippen molar-refractivity contribution in [2.24, 2.45) is 10.7 Å². The lowest BCUT2D eigenvalue weighted by atomic mass is 10.0. The van der Waals surface area contributed by atoms with Crippen LogP contribution in [0.5, 0.6) is 0 Å². The molecule has 2 N–H and O–H groups in total. The molecule has 0 spiro atoms. The van der Waals surface area contributed by atoms with E-state index in [1.165, 1.54) is 34.9 Å². The first-order valence-corrected chi connectivity index (χ1v) is 6.31. The Bertz CT molecular complexity index is 647. The van der Waals surface area contributed by atoms with Gasteiger partial charge in [0.25, 0.3) is 0 Å². The van der Waals surface area contributed by atoms with Gasteiger partial charge in [-0.25, -0.2) is 0 Å². The van der Waals surface area contributed by atoms with Gasteiger partial charge in [-0.3, -0.25) is 4.99 Å². The summed E-state index contributed by atoms with van der Waals surface area (Å²) in [6.07, 6.45) is 8.01. The molecule has 0 saturated heterocycles. The third-order valence-electron chi connectivity index (χ3n) is 3.60. The highest BCUT2D eigenvalue weighted by atomic mass is 15.0. The third-order valence-corrected chi connectivity index (χ3v) is 3.60. The van der Waals surface area contributed by atoms with E-state index in [0.717, 1.165) is 12.3 Å². The Balaban J connectivity index is 2.30. The molecule has 1 aliphatic heterocycles. The Morgan fingerprint density at radius 3 is 3.11 bits per heavy atom. The van der Waals surface area contributed by atoms with Crippen molar-refractivity contribution in [1.29, 1.82) is 0 Å². The molecule has 92 valence electrons. The van der Waals surface area contributed by atoms with E-state index >= 15 is 0 Å². The SMILES string of the molecule is CN=C(C=CN)c1cn2c3c(cccc13)CCC2. The molecule has 0 bridgehead atoms. The first-order chi connectivity index (χ1) is 8.85. The molecule has 3 nitrogen and oxygen atoms in total. The average molecular weight is 239 g/mol. The minimum Gasteiger partial charge on any atom is -0.405 e. The van der Waals surface area contributed by atoms with Gasteiger partial charge in [0.15, 0.2) is 0 Å². The fourth-order valence-electron chi connectivity index (χ4n) is 2.84. The highest BCUT2D eigenvalue weighted by Gasteiger charge is 2.17. The summed E-state index contributed by atoms with van der Waals surface area (Å²) in [5, 5.41) is 1.28. The van der Waals surface area contributed by atoms with E-state index in [2.05, 4.69) is 34.0 Å². The van der Waals surface area contributed by atoms with Crippen LogP contribution in [0.3, 0.4) is 0 Å². The van der Waals surface area contributed by atoms with Crippen molar-refractivity contribution in [3.8, 4) is 0 Å². The number of aliphatic imine (C=N–C) groups is 1. The molecule has 1 aliphatic rings. The molecule has 0 unspecified atom stereocenters. The van der Waals surface area contributed by atoms with Crippen molar-refractivity contribution in [3.63, 3.8) is 0 Å². The Morgan fingerprint density at radius 1 is 1.44 bits per heavy atom. The van der Waals surface area contributed by atoms with Crippen LogP contribution in [-0.4, -0.2) is 17.3 Å². The summed E-state index contributed by atoms with van der Waals surface area (Å²) < 4.78 is 2.35. The van der Waals surface area contributed by atoms with Crippen molar-refractivity contribution in [2.75, 3.05) is 7.05 Å². The zero-order valence-electron chi connectivity index (χ0n) is 10.6. The predicted octanol–water partition coefficient (Wildman–Crippen LogP) is 2.48. The first kappa shape index (κ1) is 11.1. The summed E-state index contributed by atoms with van der Waals surface area (Å²) in [6.45, 7) is 1.09. The predicted molar refractivity (Wildman–Crippen MR) is 76.0 cm³/mol. The molecule has 2 aromatic rings. The molecule has 0 amide bonds. The number of aromatic nitrogens is 1. The summed E-state index contributed by atoms with van der Waals surface area (Å²) in [7, 11) is 1.81. The first-order valence-electron chi connectivity index (χ1n) is 6.31. The average Bonchev–Trinajstić information content (AvgIpc) is 2.78. The third kappa shape index (κ3) is 1.55. The van der Waals surface area contributed by atoms with Crippen molar-refractivity contribution in [2.45, 2.75) is 19.4 Å². The van der Waals surface area contributed by atoms with Gasteiger partial charge in [-0.15, -0.1) is 0 Å². The molecule has 1 aromatic carbocycles. The molecule has 18 heavy (non-hydrogen) atoms. The van der Waals surface area contributed by atoms with E-state index in [1.807, 2.05) is 13.1 Å². The monoisotopic (exact) mass is 239 g/mol. The van der Waals surface area contributed by atoms with Gasteiger partial charge >= 0.3 is 0 Å². The molecule has 0 aliphatic carbocycles. The number of benzene rings is 1. The Morgan fingerprint density at radius 2 is 2.33 bits per heavy atom. The van der Waals surface area contributed by atoms with Crippen LogP contribution in [0.25, 0.3) is 10.9 Å². The van der Waals surface area contributed by atoms with E-state index < -0.39 is 0 Å². The number of hydrogen-bond acceptors (Lipinski definition) is 2. The van der Waals surface area contributed by atoms with Crippen molar-refractivity contribution < 1.29 is 0 Å². The summed E-state index contributed by atoms with van der Waals surface area (Å²) in [4.78, 5) is 4.33. The maximum absolute atomic E-state index is 5.50. The summed E-state index contributed by atoms with van der Waals surface area (Å²) in [5.74, 6) is 0. The maximum atomic E-state index is 5.50. The van der Waals surface area contributed by atoms with Crippen LogP contribution in [0, 0.1) is 0 Å². The van der Waals surface area contributed by atoms with Gasteiger partial charge in [-0.1, -0.05) is 18.2 Å². The molecule has 1 aromatic heterocycles. The maximum Gasteiger partial charge on any atom is 0.0678 e. The number of nitrogens with two attached hydrogens (primary N) is 1. The van der Waals surface area contributed by atoms with Gasteiger partial charge in [-0.2, -0.15) is 0 Å². The van der Waals surface area contributed by atoms with Crippen LogP contribution in [-0.2, 0) is 13.0 Å². The topological polar surface area (TPSA) is 43.3 Å². The number of rotatable bonds is 2. The van der Waals surface area contributed by atoms with Crippen molar-refractivity contribution in [1.82, 2.24) is 4.57 Å². The van der Waals surface area contributed by atoms with E-state index in [-0.39, 0.29) is 0 Å². The minimum absolute atomic E-state index is 0.945. The van der Waals surface area contributed by atoms with E-state index in [4.69, 9.17) is 5.73 Å². The van der Waals surface area contributed by atoms with E-state index in [1.54, 1.807) is 6.20 Å². The highest BCUT2D eigenvalue weighted by molar-refractivity contribution is 6.16. The highest BCUT2D eigenvalue weighted by Crippen LogP contribution is 2.29. The Hall–Kier alpha value is -2.03. The molecule has 0 saturated carbocycles. The van der Waals surface area contributed by atoms with Gasteiger partial charge in [0.2, 0.25) is 0 Å². The zero-order valence-corrected chi connectivity index (χ0v) is 10.6. The summed E-state index contributed by atoms with van der Waals surface area (Å²) >= 11 is 0. The van der Waals surface area contributed by atoms with Gasteiger partial charge in [0, 0.05) is 30.7 Å². The minimum atomic E-state index is 0.945. The largest absolute Gasteiger partial charge is 0.405 e. The van der Waals surface area contributed by atoms with Crippen molar-refractivity contribution >= 4 is 16.6 Å². The quantitative estimate of drug-likeness (QED) is 0.804. The van der Waals surface area contributed by atoms with Crippen LogP contribution in [0.2, 0.25) is 0 Å². The summed E-state index contributed by atoms with van der Waals surface area (Å²) in [6, 6.07) is 6.53. The standard InChI is InChI=1S/C15H17N3/c1-17-14(7-8-16)13-10-18-9-3-5-11-4-2-6-12(13)15(11)18/h2,4,6-8,10H,3,5,9,16H2,1H3. The lowest BCUT2D eigenvalue weighted by Gasteiger charge is -2.14. The van der Waals surface area contributed by atoms with Crippen LogP contribution in [0.1, 0.15) is 17.5 Å². The molecule has 3 heteroatoms. The second kappa shape index (κ2) is 4.33. The van der Waals surface area contributed by atoms with Gasteiger partial charge in [-0.05, 0) is 30.7 Å². The lowest BCUT2D eigenvalue weighted by molar-refractivity contribution is 0.636. The molecule has 0 radical (unpaired) electrons. The lowest BCUT2D eigenvalue weighted by Crippen LogP contribution is -2.05. The molecular formula is C15H17N3. The summed E-state index contributed by atoms with van der Waals surface area (Å²) in [5.41, 5.74) is 10.4. The Kier molecular flexibility index (Phi) is 2.67. The van der Waals surface area contributed by atoms with Crippen LogP contribution in [0.15, 0.2) is 41.7 Å². The van der Waals surface area contributed by atoms with Gasteiger partial charge in [0.1, 0.15) is 0 Å². The fourth-order valence-corrected chi connectivity index (χ4v) is 2.84. The second-order valence-electron chi connectivity index (χ2n) is 4.62. The number of hydrogen-bond donors (Lipinski definition) is 1. The zero-order chi connectivity index (χ0) is 12.5. The van der Waals surface area contributed by atoms with E-state index in [0.29, 0.717) is 0 Å². The molecule has 0 atom stereocenters. The van der Waals surface area contributed by atoms with Crippen LogP contribution >= 0.6 is 0 Å². The number of allylic oxidation sites excluding steroid dienone is 1. The smallest absolute Gasteiger partial charge is 0.0678 e. The second-order valence-corrected chi connectivity index (χ2v) is 4.62. The molecule has 0 fully saturated rings. The Labute approximate surface area is 107 Å². The molecular weight excluding hydrogens is 222 g/mol. The molecule has 2 heterocycles. The van der Waals surface area contributed by atoms with Crippen molar-refractivity contribution in [3.05, 3.63) is 47.8 Å². The number of para-hydroxylation sites is 1. The van der Waals surface area contributed by atoms with Gasteiger partial charge < -0.3 is 10.3 Å². The van der Waals surface area contributed by atoms with Gasteiger partial charge in [0.05, 0.1) is 11.2 Å². The number of aryl methyl sites for hydroxylation is 2. The normalized spacial score (nSPS) is 15.7. The van der Waals surface area contributed by atoms with Crippen LogP contribution in [0.4, 0.5) is 0 Å². The fraction of sp³-hybridized carbons (Fsp3) is 0.267.